The average molecular weight is 493 g/mol. The van der Waals surface area contributed by atoms with Gasteiger partial charge < -0.3 is 5.32 Å². The predicted octanol–water partition coefficient (Wildman–Crippen LogP) is 5.85. The van der Waals surface area contributed by atoms with Crippen molar-refractivity contribution < 1.29 is 14.0 Å². The van der Waals surface area contributed by atoms with Crippen molar-refractivity contribution >= 4 is 45.7 Å². The van der Waals surface area contributed by atoms with Crippen LogP contribution in [0.25, 0.3) is 6.08 Å². The Morgan fingerprint density at radius 3 is 2.71 bits per heavy atom. The van der Waals surface area contributed by atoms with Gasteiger partial charge in [0.25, 0.3) is 0 Å². The standard InChI is InChI=1S/C27H29FN4O2S/c1-19-6-5-15-31(16-19)17-21-9-11-22(12-10-21)29-26(34)14-13-23-18-35-27(30-23)32(20(2)33)25-8-4-3-7-24(25)28/h3-4,7-14,18-19H,5-6,15-17H2,1-2H3,(H,29,34). The van der Waals surface area contributed by atoms with E-state index in [0.717, 1.165) is 31.2 Å². The first-order valence-electron chi connectivity index (χ1n) is 11.7. The van der Waals surface area contributed by atoms with Crippen molar-refractivity contribution in [3.05, 3.63) is 77.1 Å². The summed E-state index contributed by atoms with van der Waals surface area (Å²) in [6.07, 6.45) is 5.51. The molecule has 0 radical (unpaired) electrons. The van der Waals surface area contributed by atoms with Gasteiger partial charge in [-0.05, 0) is 61.2 Å². The minimum atomic E-state index is -0.508. The number of hydrogen-bond acceptors (Lipinski definition) is 5. The normalized spacial score (nSPS) is 16.4. The minimum absolute atomic E-state index is 0.140. The molecule has 2 amide bonds. The van der Waals surface area contributed by atoms with E-state index < -0.39 is 5.82 Å². The van der Waals surface area contributed by atoms with Crippen LogP contribution in [0.5, 0.6) is 0 Å². The number of carbonyl (C=O) groups is 2. The molecule has 1 atom stereocenters. The first-order valence-corrected chi connectivity index (χ1v) is 12.6. The maximum absolute atomic E-state index is 14.2. The molecule has 1 unspecified atom stereocenters. The second-order valence-electron chi connectivity index (χ2n) is 8.86. The first-order chi connectivity index (χ1) is 16.9. The highest BCUT2D eigenvalue weighted by Crippen LogP contribution is 2.31. The highest BCUT2D eigenvalue weighted by Gasteiger charge is 2.20. The number of likely N-dealkylation sites (tertiary alicyclic amines) is 1. The number of nitrogens with one attached hydrogen (secondary N) is 1. The molecule has 6 nitrogen and oxygen atoms in total. The van der Waals surface area contributed by atoms with Crippen molar-refractivity contribution in [2.24, 2.45) is 5.92 Å². The molecule has 1 N–H and O–H groups in total. The summed E-state index contributed by atoms with van der Waals surface area (Å²) in [5, 5.41) is 4.90. The van der Waals surface area contributed by atoms with Crippen molar-refractivity contribution in [3.8, 4) is 0 Å². The van der Waals surface area contributed by atoms with Gasteiger partial charge in [0.2, 0.25) is 11.8 Å². The zero-order valence-electron chi connectivity index (χ0n) is 19.9. The van der Waals surface area contributed by atoms with Crippen molar-refractivity contribution in [1.29, 1.82) is 0 Å². The van der Waals surface area contributed by atoms with Crippen molar-refractivity contribution in [2.45, 2.75) is 33.2 Å². The Morgan fingerprint density at radius 1 is 1.23 bits per heavy atom. The highest BCUT2D eigenvalue weighted by molar-refractivity contribution is 7.14. The van der Waals surface area contributed by atoms with Crippen LogP contribution in [0.4, 0.5) is 20.9 Å². The SMILES string of the molecule is CC(=O)N(c1nc(C=CC(=O)Nc2ccc(CN3CCCC(C)C3)cc2)cs1)c1ccccc1F. The monoisotopic (exact) mass is 492 g/mol. The summed E-state index contributed by atoms with van der Waals surface area (Å²) in [5.74, 6) is -0.399. The van der Waals surface area contributed by atoms with Gasteiger partial charge in [-0.15, -0.1) is 11.3 Å². The fourth-order valence-electron chi connectivity index (χ4n) is 4.22. The number of aromatic nitrogens is 1. The lowest BCUT2D eigenvalue weighted by Gasteiger charge is -2.30. The molecule has 3 aromatic rings. The Morgan fingerprint density at radius 2 is 2.00 bits per heavy atom. The summed E-state index contributed by atoms with van der Waals surface area (Å²) >= 11 is 1.20. The van der Waals surface area contributed by atoms with E-state index >= 15 is 0 Å². The van der Waals surface area contributed by atoms with E-state index in [4.69, 9.17) is 0 Å². The second-order valence-corrected chi connectivity index (χ2v) is 9.70. The van der Waals surface area contributed by atoms with Crippen LogP contribution in [0, 0.1) is 11.7 Å². The zero-order chi connectivity index (χ0) is 24.8. The van der Waals surface area contributed by atoms with E-state index in [0.29, 0.717) is 10.8 Å². The molecular weight excluding hydrogens is 463 g/mol. The molecule has 0 bridgehead atoms. The van der Waals surface area contributed by atoms with Crippen LogP contribution in [0.2, 0.25) is 0 Å². The lowest BCUT2D eigenvalue weighted by molar-refractivity contribution is -0.116. The average Bonchev–Trinajstić information content (AvgIpc) is 3.29. The van der Waals surface area contributed by atoms with Gasteiger partial charge in [0, 0.05) is 37.2 Å². The quantitative estimate of drug-likeness (QED) is 0.420. The molecule has 0 saturated carbocycles. The van der Waals surface area contributed by atoms with E-state index in [9.17, 15) is 14.0 Å². The molecule has 1 aromatic heterocycles. The number of rotatable bonds is 7. The Balaban J connectivity index is 1.35. The van der Waals surface area contributed by atoms with Crippen LogP contribution in [-0.2, 0) is 16.1 Å². The number of benzene rings is 2. The molecule has 4 rings (SSSR count). The number of thiazole rings is 1. The lowest BCUT2D eigenvalue weighted by Crippen LogP contribution is -2.33. The topological polar surface area (TPSA) is 65.5 Å². The number of halogens is 1. The van der Waals surface area contributed by atoms with Crippen LogP contribution in [0.3, 0.4) is 0 Å². The molecule has 8 heteroatoms. The predicted molar refractivity (Wildman–Crippen MR) is 139 cm³/mol. The summed E-state index contributed by atoms with van der Waals surface area (Å²) in [6.45, 7) is 6.85. The third-order valence-electron chi connectivity index (χ3n) is 5.88. The van der Waals surface area contributed by atoms with Gasteiger partial charge in [0.1, 0.15) is 5.82 Å². The van der Waals surface area contributed by atoms with E-state index in [1.165, 1.54) is 59.8 Å². The second kappa shape index (κ2) is 11.4. The number of amides is 2. The Hall–Kier alpha value is -3.36. The van der Waals surface area contributed by atoms with Crippen molar-refractivity contribution in [3.63, 3.8) is 0 Å². The maximum Gasteiger partial charge on any atom is 0.248 e. The molecule has 2 aromatic carbocycles. The summed E-state index contributed by atoms with van der Waals surface area (Å²) in [7, 11) is 0. The molecule has 1 aliphatic rings. The largest absolute Gasteiger partial charge is 0.323 e. The van der Waals surface area contributed by atoms with Crippen LogP contribution < -0.4 is 10.2 Å². The molecule has 0 spiro atoms. The van der Waals surface area contributed by atoms with Gasteiger partial charge in [0.05, 0.1) is 11.4 Å². The van der Waals surface area contributed by atoms with E-state index in [1.807, 2.05) is 24.3 Å². The van der Waals surface area contributed by atoms with E-state index in [-0.39, 0.29) is 17.5 Å². The van der Waals surface area contributed by atoms with Crippen LogP contribution in [0.15, 0.2) is 60.0 Å². The van der Waals surface area contributed by atoms with Gasteiger partial charge in [0.15, 0.2) is 5.13 Å². The highest BCUT2D eigenvalue weighted by atomic mass is 32.1. The third-order valence-corrected chi connectivity index (χ3v) is 6.73. The van der Waals surface area contributed by atoms with Crippen LogP contribution >= 0.6 is 11.3 Å². The molecule has 35 heavy (non-hydrogen) atoms. The first kappa shape index (κ1) is 24.8. The minimum Gasteiger partial charge on any atom is -0.323 e. The third kappa shape index (κ3) is 6.61. The molecule has 0 aliphatic carbocycles. The van der Waals surface area contributed by atoms with Gasteiger partial charge in [-0.2, -0.15) is 0 Å². The summed E-state index contributed by atoms with van der Waals surface area (Å²) in [4.78, 5) is 32.7. The number of anilines is 3. The molecular formula is C27H29FN4O2S. The Labute approximate surface area is 209 Å². The number of para-hydroxylation sites is 1. The molecule has 2 heterocycles. The number of piperidine rings is 1. The van der Waals surface area contributed by atoms with Crippen molar-refractivity contribution in [2.75, 3.05) is 23.3 Å². The fraction of sp³-hybridized carbons (Fsp3) is 0.296. The number of hydrogen-bond donors (Lipinski definition) is 1. The fourth-order valence-corrected chi connectivity index (χ4v) is 5.07. The molecule has 1 saturated heterocycles. The smallest absolute Gasteiger partial charge is 0.248 e. The van der Waals surface area contributed by atoms with E-state index in [2.05, 4.69) is 22.1 Å². The molecule has 1 aliphatic heterocycles. The van der Waals surface area contributed by atoms with Gasteiger partial charge in [-0.3, -0.25) is 19.4 Å². The summed E-state index contributed by atoms with van der Waals surface area (Å²) in [5.41, 5.74) is 2.60. The Bertz CT molecular complexity index is 1210. The maximum atomic E-state index is 14.2. The molecule has 1 fully saturated rings. The number of nitrogens with zero attached hydrogens (tertiary/aromatic N) is 3. The van der Waals surface area contributed by atoms with Crippen LogP contribution in [-0.4, -0.2) is 34.8 Å². The Kier molecular flexibility index (Phi) is 8.05. The van der Waals surface area contributed by atoms with E-state index in [1.54, 1.807) is 23.6 Å². The zero-order valence-corrected chi connectivity index (χ0v) is 20.7. The summed E-state index contributed by atoms with van der Waals surface area (Å²) in [6, 6.07) is 14.0. The molecule has 182 valence electrons. The van der Waals surface area contributed by atoms with Gasteiger partial charge >= 0.3 is 0 Å². The van der Waals surface area contributed by atoms with Gasteiger partial charge in [-0.1, -0.05) is 31.2 Å². The summed E-state index contributed by atoms with van der Waals surface area (Å²) < 4.78 is 14.2. The van der Waals surface area contributed by atoms with Crippen molar-refractivity contribution in [1.82, 2.24) is 9.88 Å². The lowest BCUT2D eigenvalue weighted by atomic mass is 10.00. The van der Waals surface area contributed by atoms with Crippen LogP contribution in [0.1, 0.15) is 37.9 Å². The number of carbonyl (C=O) groups excluding carboxylic acids is 2. The van der Waals surface area contributed by atoms with Gasteiger partial charge in [-0.25, -0.2) is 9.37 Å².